The standard InChI is InChI=1S/C55H90NO8P/c1-3-5-7-9-11-13-15-17-19-21-23-25-26-28-29-31-33-35-37-39-41-43-45-47-54(57)61-51-53(52-63-65(59,60)62-50-49-56)64-55(58)48-46-44-42-40-38-36-34-32-30-27-24-22-20-18-16-14-12-10-8-6-4-2/h5-8,11-14,17-20,23-25,27,32,34,38,40,53H,3-4,9-10,15-16,21-22,26,28-31,33,35-37,39,41-52,56H2,1-2H3,(H,59,60)/b7-5-,8-6-,13-11-,14-12-,19-17-,20-18-,25-23-,27-24-,34-32-,40-38-. The smallest absolute Gasteiger partial charge is 0.462 e. The van der Waals surface area contributed by atoms with Crippen molar-refractivity contribution in [3.8, 4) is 0 Å². The summed E-state index contributed by atoms with van der Waals surface area (Å²) in [7, 11) is -4.41. The van der Waals surface area contributed by atoms with Crippen LogP contribution in [0.3, 0.4) is 0 Å². The van der Waals surface area contributed by atoms with E-state index >= 15 is 0 Å². The van der Waals surface area contributed by atoms with Gasteiger partial charge in [0.25, 0.3) is 0 Å². The predicted molar refractivity (Wildman–Crippen MR) is 274 cm³/mol. The molecule has 0 amide bonds. The molecule has 0 bridgehead atoms. The van der Waals surface area contributed by atoms with Gasteiger partial charge in [-0.2, -0.15) is 0 Å². The number of carbonyl (C=O) groups is 2. The van der Waals surface area contributed by atoms with E-state index < -0.39 is 32.5 Å². The fourth-order valence-electron chi connectivity index (χ4n) is 6.22. The molecule has 0 spiro atoms. The molecule has 0 saturated carbocycles. The monoisotopic (exact) mass is 924 g/mol. The molecule has 2 atom stereocenters. The number of unbranched alkanes of at least 4 members (excludes halogenated alkanes) is 12. The summed E-state index contributed by atoms with van der Waals surface area (Å²) in [6, 6.07) is 0. The first-order valence-electron chi connectivity index (χ1n) is 25.0. The highest BCUT2D eigenvalue weighted by Crippen LogP contribution is 2.43. The molecule has 0 saturated heterocycles. The van der Waals surface area contributed by atoms with Gasteiger partial charge < -0.3 is 20.1 Å². The molecule has 0 aliphatic heterocycles. The molecule has 2 unspecified atom stereocenters. The Labute approximate surface area is 396 Å². The third kappa shape index (κ3) is 49.7. The van der Waals surface area contributed by atoms with E-state index in [-0.39, 0.29) is 32.6 Å². The quantitative estimate of drug-likeness (QED) is 0.0265. The van der Waals surface area contributed by atoms with E-state index in [1.165, 1.54) is 38.5 Å². The van der Waals surface area contributed by atoms with Crippen molar-refractivity contribution < 1.29 is 37.6 Å². The van der Waals surface area contributed by atoms with Gasteiger partial charge in [0.15, 0.2) is 6.10 Å². The second kappa shape index (κ2) is 49.8. The van der Waals surface area contributed by atoms with Gasteiger partial charge in [-0.1, -0.05) is 187 Å². The van der Waals surface area contributed by atoms with Crippen molar-refractivity contribution in [2.45, 2.75) is 187 Å². The van der Waals surface area contributed by atoms with Gasteiger partial charge in [0.2, 0.25) is 0 Å². The topological polar surface area (TPSA) is 134 Å². The molecule has 368 valence electrons. The van der Waals surface area contributed by atoms with Crippen LogP contribution in [0.5, 0.6) is 0 Å². The van der Waals surface area contributed by atoms with E-state index in [9.17, 15) is 19.0 Å². The lowest BCUT2D eigenvalue weighted by atomic mass is 10.1. The Hall–Kier alpha value is -3.59. The van der Waals surface area contributed by atoms with E-state index in [0.717, 1.165) is 103 Å². The van der Waals surface area contributed by atoms with Gasteiger partial charge in [0.05, 0.1) is 13.2 Å². The van der Waals surface area contributed by atoms with Crippen LogP contribution in [-0.4, -0.2) is 49.3 Å². The SMILES string of the molecule is CC/C=C\C/C=C\C/C=C\C/C=C\C/C=C\C/C=C\CCCCC(=O)OC(COC(=O)CCCCCCCCCCCC/C=C\C/C=C\C/C=C\C/C=C\CC)COP(=O)(O)OCCN. The summed E-state index contributed by atoms with van der Waals surface area (Å²) in [6.45, 7) is 3.44. The molecule has 0 heterocycles. The number of phosphoric acid groups is 1. The molecule has 3 N–H and O–H groups in total. The Balaban J connectivity index is 4.18. The first-order valence-corrected chi connectivity index (χ1v) is 26.5. The molecule has 0 aliphatic rings. The molecular weight excluding hydrogens is 834 g/mol. The Morgan fingerprint density at radius 3 is 1.22 bits per heavy atom. The third-order valence-electron chi connectivity index (χ3n) is 9.84. The molecule has 0 aliphatic carbocycles. The first kappa shape index (κ1) is 61.4. The maximum atomic E-state index is 12.6. The molecule has 0 radical (unpaired) electrons. The summed E-state index contributed by atoms with van der Waals surface area (Å²) in [5.74, 6) is -0.894. The van der Waals surface area contributed by atoms with Gasteiger partial charge in [0.1, 0.15) is 6.61 Å². The number of rotatable bonds is 45. The molecule has 65 heavy (non-hydrogen) atoms. The Bertz CT molecular complexity index is 1470. The normalized spacial score (nSPS) is 14.2. The van der Waals surface area contributed by atoms with Crippen molar-refractivity contribution in [3.63, 3.8) is 0 Å². The average Bonchev–Trinajstić information content (AvgIpc) is 3.30. The number of allylic oxidation sites excluding steroid dienone is 20. The lowest BCUT2D eigenvalue weighted by Crippen LogP contribution is -2.29. The highest BCUT2D eigenvalue weighted by Gasteiger charge is 2.26. The largest absolute Gasteiger partial charge is 0.472 e. The molecule has 0 aromatic heterocycles. The van der Waals surface area contributed by atoms with E-state index in [1.807, 2.05) is 0 Å². The highest BCUT2D eigenvalue weighted by molar-refractivity contribution is 7.47. The summed E-state index contributed by atoms with van der Waals surface area (Å²) in [6.07, 6.45) is 68.1. The van der Waals surface area contributed by atoms with Crippen molar-refractivity contribution in [3.05, 3.63) is 122 Å². The second-order valence-corrected chi connectivity index (χ2v) is 17.4. The molecular formula is C55H90NO8P. The van der Waals surface area contributed by atoms with E-state index in [0.29, 0.717) is 12.8 Å². The zero-order valence-corrected chi connectivity index (χ0v) is 41.6. The molecule has 0 aromatic rings. The molecule has 10 heteroatoms. The highest BCUT2D eigenvalue weighted by atomic mass is 31.2. The van der Waals surface area contributed by atoms with Crippen LogP contribution in [0.15, 0.2) is 122 Å². The van der Waals surface area contributed by atoms with E-state index in [1.54, 1.807) is 0 Å². The molecule has 0 rings (SSSR count). The number of nitrogens with two attached hydrogens (primary N) is 1. The maximum absolute atomic E-state index is 12.6. The van der Waals surface area contributed by atoms with Gasteiger partial charge in [-0.15, -0.1) is 0 Å². The van der Waals surface area contributed by atoms with Gasteiger partial charge >= 0.3 is 19.8 Å². The van der Waals surface area contributed by atoms with Crippen molar-refractivity contribution in [2.24, 2.45) is 5.73 Å². The first-order chi connectivity index (χ1) is 31.8. The minimum absolute atomic E-state index is 0.0384. The number of hydrogen-bond donors (Lipinski definition) is 2. The van der Waals surface area contributed by atoms with E-state index in [4.69, 9.17) is 24.3 Å². The van der Waals surface area contributed by atoms with Crippen molar-refractivity contribution in [1.82, 2.24) is 0 Å². The Morgan fingerprint density at radius 2 is 0.800 bits per heavy atom. The van der Waals surface area contributed by atoms with Gasteiger partial charge in [0, 0.05) is 19.4 Å². The average molecular weight is 924 g/mol. The fourth-order valence-corrected chi connectivity index (χ4v) is 6.98. The maximum Gasteiger partial charge on any atom is 0.472 e. The minimum Gasteiger partial charge on any atom is -0.462 e. The van der Waals surface area contributed by atoms with Crippen LogP contribution in [-0.2, 0) is 32.7 Å². The van der Waals surface area contributed by atoms with Crippen LogP contribution < -0.4 is 5.73 Å². The number of hydrogen-bond acceptors (Lipinski definition) is 8. The van der Waals surface area contributed by atoms with Crippen molar-refractivity contribution in [2.75, 3.05) is 26.4 Å². The third-order valence-corrected chi connectivity index (χ3v) is 10.8. The second-order valence-electron chi connectivity index (χ2n) is 15.9. The predicted octanol–water partition coefficient (Wildman–Crippen LogP) is 15.3. The van der Waals surface area contributed by atoms with Crippen LogP contribution in [0.25, 0.3) is 0 Å². The van der Waals surface area contributed by atoms with Crippen LogP contribution in [0.1, 0.15) is 181 Å². The number of phosphoric ester groups is 1. The zero-order valence-electron chi connectivity index (χ0n) is 40.7. The lowest BCUT2D eigenvalue weighted by Gasteiger charge is -2.19. The van der Waals surface area contributed by atoms with Crippen LogP contribution >= 0.6 is 7.82 Å². The summed E-state index contributed by atoms with van der Waals surface area (Å²) in [4.78, 5) is 35.0. The molecule has 0 fully saturated rings. The molecule has 0 aromatic carbocycles. The lowest BCUT2D eigenvalue weighted by molar-refractivity contribution is -0.161. The Kier molecular flexibility index (Phi) is 47.1. The fraction of sp³-hybridized carbons (Fsp3) is 0.600. The van der Waals surface area contributed by atoms with Crippen LogP contribution in [0, 0.1) is 0 Å². The van der Waals surface area contributed by atoms with Gasteiger partial charge in [-0.05, 0) is 103 Å². The van der Waals surface area contributed by atoms with E-state index in [2.05, 4.69) is 135 Å². The van der Waals surface area contributed by atoms with Gasteiger partial charge in [-0.25, -0.2) is 4.57 Å². The summed E-state index contributed by atoms with van der Waals surface area (Å²) >= 11 is 0. The van der Waals surface area contributed by atoms with Crippen molar-refractivity contribution >= 4 is 19.8 Å². The number of carbonyl (C=O) groups excluding carboxylic acids is 2. The summed E-state index contributed by atoms with van der Waals surface area (Å²) < 4.78 is 32.9. The number of ether oxygens (including phenoxy) is 2. The van der Waals surface area contributed by atoms with Gasteiger partial charge in [-0.3, -0.25) is 18.6 Å². The molecule has 9 nitrogen and oxygen atoms in total. The van der Waals surface area contributed by atoms with Crippen LogP contribution in [0.2, 0.25) is 0 Å². The Morgan fingerprint density at radius 1 is 0.462 bits per heavy atom. The minimum atomic E-state index is -4.41. The zero-order chi connectivity index (χ0) is 47.4. The van der Waals surface area contributed by atoms with Crippen LogP contribution in [0.4, 0.5) is 0 Å². The van der Waals surface area contributed by atoms with Crippen molar-refractivity contribution in [1.29, 1.82) is 0 Å². The number of esters is 2. The summed E-state index contributed by atoms with van der Waals surface area (Å²) in [5, 5.41) is 0. The summed E-state index contributed by atoms with van der Waals surface area (Å²) in [5.41, 5.74) is 5.36.